The molecule has 143 heavy (non-hydrogen) atoms. The van der Waals surface area contributed by atoms with Crippen molar-refractivity contribution in [2.45, 2.75) is 44.2 Å². The number of carbonyl (C=O) groups excluding carboxylic acids is 4. The number of ether oxygens (including phenoxy) is 1. The molecule has 10 N–H and O–H groups in total. The number of aromatic nitrogens is 21. The number of anilines is 9. The SMILES string of the molecule is CN(C)CCNC(=O)c1cc2cc(Nc3nccc(-c4cn(C)cn4)n3)cc(Cl)c2[nH]1.CN1CCN(CCCN(C)C(=O)c2cc3cc(Nc4nccc(-c5cn(C)cn5)n4)cc(Cl)c3[nH]2)CC1.Cn1cnc(-c2ccnc(Nc3cc(Cl)c4[nH]c(C(=O)N5CCN(c6ccccn6)CC5)cc4c3)n2)c1.Cn1cnc(-c2ccnc(Nc3cc(Cl)c4[nH]c(C(=O)NC5CCC(N6CCOCC6)CC5)cc4c3)n2)c1. The van der Waals surface area contributed by atoms with Crippen molar-refractivity contribution in [1.29, 1.82) is 0 Å². The van der Waals surface area contributed by atoms with E-state index >= 15 is 0 Å². The average molecular weight is 2010 g/mol. The maximum Gasteiger partial charge on any atom is 0.270 e. The van der Waals surface area contributed by atoms with Gasteiger partial charge in [-0.15, -0.1) is 0 Å². The first kappa shape index (κ1) is 98.4. The first-order chi connectivity index (χ1) is 69.3. The number of benzene rings is 4. The zero-order chi connectivity index (χ0) is 99.3. The van der Waals surface area contributed by atoms with E-state index in [0.29, 0.717) is 127 Å². The number of piperazine rings is 2. The number of imidazole rings is 4. The van der Waals surface area contributed by atoms with Crippen LogP contribution in [-0.2, 0) is 32.9 Å². The van der Waals surface area contributed by atoms with Gasteiger partial charge in [-0.2, -0.15) is 0 Å². The van der Waals surface area contributed by atoms with Crippen LogP contribution in [-0.4, -0.2) is 301 Å². The normalized spacial score (nSPS) is 15.3. The van der Waals surface area contributed by atoms with E-state index in [4.69, 9.17) is 51.1 Å². The van der Waals surface area contributed by atoms with Crippen LogP contribution in [0.5, 0.6) is 0 Å². The molecule has 0 radical (unpaired) electrons. The van der Waals surface area contributed by atoms with Crippen LogP contribution < -0.4 is 36.8 Å². The van der Waals surface area contributed by atoms with Crippen molar-refractivity contribution in [3.05, 3.63) is 239 Å². The summed E-state index contributed by atoms with van der Waals surface area (Å²) in [5.74, 6) is 2.28. The van der Waals surface area contributed by atoms with Gasteiger partial charge in [-0.1, -0.05) is 52.5 Å². The fourth-order valence-corrected chi connectivity index (χ4v) is 18.6. The fourth-order valence-electron chi connectivity index (χ4n) is 17.5. The Balaban J connectivity index is 0.000000126. The minimum atomic E-state index is -0.171. The summed E-state index contributed by atoms with van der Waals surface area (Å²) >= 11 is 26.2. The van der Waals surface area contributed by atoms with E-state index in [1.165, 1.54) is 0 Å². The Morgan fingerprint density at radius 2 is 0.825 bits per heavy atom. The molecule has 0 bridgehead atoms. The van der Waals surface area contributed by atoms with Gasteiger partial charge in [0.15, 0.2) is 0 Å². The van der Waals surface area contributed by atoms with Crippen LogP contribution in [0.25, 0.3) is 89.2 Å². The van der Waals surface area contributed by atoms with Crippen LogP contribution in [0.2, 0.25) is 20.1 Å². The van der Waals surface area contributed by atoms with Crippen molar-refractivity contribution in [3.63, 3.8) is 0 Å². The Bertz CT molecular complexity index is 7340. The summed E-state index contributed by atoms with van der Waals surface area (Å²) < 4.78 is 12.9. The van der Waals surface area contributed by atoms with Crippen molar-refractivity contribution >= 4 is 166 Å². The number of nitrogens with zero attached hydrogens (tertiary/aromatic N) is 24. The van der Waals surface area contributed by atoms with E-state index in [9.17, 15) is 19.2 Å². The molecule has 16 heterocycles. The molecule has 4 amide bonds. The highest BCUT2D eigenvalue weighted by molar-refractivity contribution is 6.37. The molecule has 0 spiro atoms. The van der Waals surface area contributed by atoms with Gasteiger partial charge in [0, 0.05) is 232 Å². The summed E-state index contributed by atoms with van der Waals surface area (Å²) in [5.41, 5.74) is 13.7. The predicted octanol–water partition coefficient (Wildman–Crippen LogP) is 14.8. The molecule has 3 saturated heterocycles. The van der Waals surface area contributed by atoms with Crippen LogP contribution >= 0.6 is 46.4 Å². The molecule has 17 aromatic rings. The Morgan fingerprint density at radius 3 is 1.23 bits per heavy atom. The summed E-state index contributed by atoms with van der Waals surface area (Å²) in [6, 6.07) is 36.0. The van der Waals surface area contributed by atoms with E-state index < -0.39 is 0 Å². The molecule has 1 saturated carbocycles. The number of aromatic amines is 4. The summed E-state index contributed by atoms with van der Waals surface area (Å²) in [5, 5.41) is 24.3. The van der Waals surface area contributed by atoms with Crippen molar-refractivity contribution in [3.8, 4) is 45.6 Å². The van der Waals surface area contributed by atoms with Gasteiger partial charge < -0.3 is 104 Å². The quantitative estimate of drug-likeness (QED) is 0.0241. The van der Waals surface area contributed by atoms with Crippen LogP contribution in [0.3, 0.4) is 0 Å². The zero-order valence-electron chi connectivity index (χ0n) is 80.3. The molecule has 0 unspecified atom stereocenters. The predicted molar refractivity (Wildman–Crippen MR) is 558 cm³/mol. The van der Waals surface area contributed by atoms with E-state index in [1.54, 1.807) is 97.6 Å². The van der Waals surface area contributed by atoms with Gasteiger partial charge in [0.25, 0.3) is 23.6 Å². The lowest BCUT2D eigenvalue weighted by Gasteiger charge is -2.38. The third-order valence-corrected chi connectivity index (χ3v) is 26.3. The highest BCUT2D eigenvalue weighted by Gasteiger charge is 2.31. The van der Waals surface area contributed by atoms with Gasteiger partial charge in [0.05, 0.1) is 103 Å². The molecule has 4 aliphatic rings. The minimum Gasteiger partial charge on any atom is -0.379 e. The Kier molecular flexibility index (Phi) is 30.9. The maximum absolute atomic E-state index is 13.2. The number of halogens is 4. The fraction of sp³-hybridized carbons (Fsp3) is 0.310. The molecule has 0 atom stereocenters. The number of hydrogen-bond donors (Lipinski definition) is 10. The third kappa shape index (κ3) is 24.9. The third-order valence-electron chi connectivity index (χ3n) is 25.1. The molecule has 3 aliphatic heterocycles. The molecule has 4 fully saturated rings. The van der Waals surface area contributed by atoms with Gasteiger partial charge in [-0.25, -0.2) is 64.8 Å². The maximum atomic E-state index is 13.2. The van der Waals surface area contributed by atoms with E-state index in [-0.39, 0.29) is 29.7 Å². The molecule has 39 nitrogen and oxygen atoms in total. The first-order valence-electron chi connectivity index (χ1n) is 47.1. The number of hydrogen-bond acceptors (Lipinski definition) is 27. The van der Waals surface area contributed by atoms with E-state index in [0.717, 1.165) is 200 Å². The molecule has 1 aliphatic carbocycles. The van der Waals surface area contributed by atoms with Gasteiger partial charge in [0.2, 0.25) is 23.8 Å². The lowest BCUT2D eigenvalue weighted by molar-refractivity contribution is 0.00664. The van der Waals surface area contributed by atoms with E-state index in [1.807, 2.05) is 181 Å². The average Bonchev–Trinajstić information content (AvgIpc) is 1.70. The van der Waals surface area contributed by atoms with Crippen molar-refractivity contribution in [1.82, 2.24) is 143 Å². The molecule has 21 rings (SSSR count). The number of likely N-dealkylation sites (N-methyl/N-ethyl adjacent to an activating group) is 2. The number of nitrogens with one attached hydrogen (secondary N) is 10. The van der Waals surface area contributed by atoms with Gasteiger partial charge in [-0.05, 0) is 169 Å². The number of fused-ring (bicyclic) bond motifs is 4. The lowest BCUT2D eigenvalue weighted by Crippen LogP contribution is -2.49. The Hall–Kier alpha value is -14.8. The molecule has 43 heteroatoms. The molecule has 13 aromatic heterocycles. The van der Waals surface area contributed by atoms with Crippen molar-refractivity contribution in [2.24, 2.45) is 28.2 Å². The first-order valence-corrected chi connectivity index (χ1v) is 48.6. The smallest absolute Gasteiger partial charge is 0.270 e. The van der Waals surface area contributed by atoms with Gasteiger partial charge >= 0.3 is 0 Å². The largest absolute Gasteiger partial charge is 0.379 e. The second-order valence-corrected chi connectivity index (χ2v) is 37.7. The topological polar surface area (TPSA) is 423 Å². The number of amides is 4. The second-order valence-electron chi connectivity index (χ2n) is 36.1. The van der Waals surface area contributed by atoms with Crippen LogP contribution in [0.15, 0.2) is 196 Å². The highest BCUT2D eigenvalue weighted by Crippen LogP contribution is 2.37. The molecule has 4 aromatic carbocycles. The number of aryl methyl sites for hydroxylation is 4. The Labute approximate surface area is 844 Å². The van der Waals surface area contributed by atoms with Crippen LogP contribution in [0.4, 0.5) is 52.4 Å². The summed E-state index contributed by atoms with van der Waals surface area (Å²) in [7, 11) is 15.6. The zero-order valence-corrected chi connectivity index (χ0v) is 83.3. The van der Waals surface area contributed by atoms with Gasteiger partial charge in [0.1, 0.15) is 51.4 Å². The number of carbonyl (C=O) groups is 4. The van der Waals surface area contributed by atoms with Gasteiger partial charge in [-0.3, -0.25) is 24.1 Å². The van der Waals surface area contributed by atoms with E-state index in [2.05, 4.69) is 143 Å². The summed E-state index contributed by atoms with van der Waals surface area (Å²) in [4.78, 5) is 137. The summed E-state index contributed by atoms with van der Waals surface area (Å²) in [6.45, 7) is 13.8. The standard InChI is InChI=1S/C27H31ClN8O2.C26H24ClN9O.C26H32ClN9O.C21H23ClN8O/c1-35-15-24(30-16-35)22-6-7-29-27(34-22)32-19-12-17-13-23(33-25(17)21(28)14-19)26(37)31-18-2-4-20(5-3-18)36-8-10-38-11-9-36;1-34-15-22(30-16-34)20-5-7-29-26(33-20)31-18-12-17-13-21(32-24(17)19(27)14-18)25(37)36-10-8-35(9-11-36)23-4-2-3-6-28-23;1-33-9-11-36(12-10-33)8-4-7-35(3)25(37)22-14-18-13-19(15-20(27)24(18)31-22)30-26-28-6-5-21(32-26)23-16-34(2)17-29-23;1-29(2)7-6-23-20(31)17-9-13-8-14(10-15(22)19(13)27-17)26-21-24-5-4-16(28-21)18-11-30(3)12-25-18/h6-7,12-16,18,20,33H,2-5,8-11H2,1H3,(H,31,37)(H,29,32,34);2-7,12-16,32H,8-11H2,1H3,(H,29,31,33);5-6,13-17,31H,4,7-12H2,1-3H3,(H,28,30,32);4-5,8-12,27H,6-7H2,1-3H3,(H,23,31)(H,24,26,28). The Morgan fingerprint density at radius 1 is 0.420 bits per heavy atom. The summed E-state index contributed by atoms with van der Waals surface area (Å²) in [6.07, 6.45) is 28.1. The number of pyridine rings is 1. The second kappa shape index (κ2) is 45.0. The van der Waals surface area contributed by atoms with Crippen LogP contribution in [0.1, 0.15) is 74.1 Å². The monoisotopic (exact) mass is 2010 g/mol. The molecular formula is C100H110Cl4N34O5. The lowest BCUT2D eigenvalue weighted by atomic mass is 9.90. The minimum absolute atomic E-state index is 0.0474. The van der Waals surface area contributed by atoms with Crippen molar-refractivity contribution in [2.75, 3.05) is 159 Å². The number of morpholine rings is 1. The van der Waals surface area contributed by atoms with Crippen molar-refractivity contribution < 1.29 is 23.9 Å². The number of H-pyrrole nitrogens is 4. The molecule has 738 valence electrons. The number of rotatable bonds is 26. The van der Waals surface area contributed by atoms with Crippen LogP contribution in [0, 0.1) is 0 Å². The highest BCUT2D eigenvalue weighted by atomic mass is 35.5. The molecular weight excluding hydrogens is 1900 g/mol.